The van der Waals surface area contributed by atoms with Crippen molar-refractivity contribution in [3.05, 3.63) is 46.8 Å². The molecule has 1 aromatic heterocycles. The highest BCUT2D eigenvalue weighted by molar-refractivity contribution is 7.91. The van der Waals surface area contributed by atoms with Gasteiger partial charge in [-0.25, -0.2) is 8.42 Å². The lowest BCUT2D eigenvalue weighted by Gasteiger charge is -2.24. The zero-order valence-electron chi connectivity index (χ0n) is 22.1. The van der Waals surface area contributed by atoms with Gasteiger partial charge in [0.2, 0.25) is 0 Å². The standard InChI is InChI=1S/C27H28F5N2O4PS2/c1-39(2,35)18-8-9-21(23(15-18)38-26(28)29)33-12-4-7-24-20(16-27(30,31)32)19-5-3-6-22(25(19)40-24)34-17-10-13-41(36,37)14-11-17/h3,5-6,8-9,15,17,26,33-34H,10-14,16H2,1-2H3. The molecule has 0 saturated carbocycles. The monoisotopic (exact) mass is 634 g/mol. The SMILES string of the molecule is CP(C)(=O)c1ccc(NCC#Cc2sc3c(NC4CCS(=O)(=O)CC4)cccc3c2CC(F)(F)F)c(OC(F)F)c1. The van der Waals surface area contributed by atoms with Crippen LogP contribution in [0.4, 0.5) is 33.3 Å². The van der Waals surface area contributed by atoms with Crippen molar-refractivity contribution < 1.29 is 39.7 Å². The molecular formula is C27H28F5N2O4PS2. The Morgan fingerprint density at radius 1 is 1.12 bits per heavy atom. The van der Waals surface area contributed by atoms with Crippen LogP contribution >= 0.6 is 18.5 Å². The molecule has 1 aliphatic rings. The van der Waals surface area contributed by atoms with Crippen LogP contribution in [0.15, 0.2) is 36.4 Å². The molecule has 3 aromatic rings. The molecule has 2 aromatic carbocycles. The van der Waals surface area contributed by atoms with E-state index in [2.05, 4.69) is 27.2 Å². The van der Waals surface area contributed by atoms with Crippen LogP contribution in [0.5, 0.6) is 5.75 Å². The lowest BCUT2D eigenvalue weighted by molar-refractivity contribution is -0.127. The van der Waals surface area contributed by atoms with Gasteiger partial charge in [0.25, 0.3) is 0 Å². The van der Waals surface area contributed by atoms with Crippen LogP contribution in [0.25, 0.3) is 10.1 Å². The van der Waals surface area contributed by atoms with Crippen LogP contribution < -0.4 is 20.7 Å². The molecule has 0 spiro atoms. The lowest BCUT2D eigenvalue weighted by atomic mass is 10.1. The van der Waals surface area contributed by atoms with Gasteiger partial charge in [-0.1, -0.05) is 24.0 Å². The van der Waals surface area contributed by atoms with Gasteiger partial charge >= 0.3 is 12.8 Å². The Morgan fingerprint density at radius 2 is 1.83 bits per heavy atom. The highest BCUT2D eigenvalue weighted by atomic mass is 32.2. The van der Waals surface area contributed by atoms with E-state index in [4.69, 9.17) is 0 Å². The third kappa shape index (κ3) is 8.37. The van der Waals surface area contributed by atoms with Gasteiger partial charge in [0.15, 0.2) is 0 Å². The molecule has 0 atom stereocenters. The second-order valence-electron chi connectivity index (χ2n) is 10.0. The molecule has 222 valence electrons. The molecule has 2 N–H and O–H groups in total. The maximum atomic E-state index is 13.5. The summed E-state index contributed by atoms with van der Waals surface area (Å²) >= 11 is 1.11. The number of hydrogen-bond donors (Lipinski definition) is 2. The molecule has 1 fully saturated rings. The Labute approximate surface area is 239 Å². The summed E-state index contributed by atoms with van der Waals surface area (Å²) in [5.74, 6) is 5.46. The molecule has 0 amide bonds. The third-order valence-electron chi connectivity index (χ3n) is 6.48. The number of fused-ring (bicyclic) bond motifs is 1. The van der Waals surface area contributed by atoms with Gasteiger partial charge in [-0.15, -0.1) is 11.3 Å². The number of anilines is 2. The van der Waals surface area contributed by atoms with E-state index in [1.807, 2.05) is 0 Å². The fourth-order valence-corrected chi connectivity index (χ4v) is 7.99. The van der Waals surface area contributed by atoms with E-state index in [1.165, 1.54) is 31.5 Å². The maximum Gasteiger partial charge on any atom is 0.393 e. The number of halogens is 5. The molecule has 2 heterocycles. The van der Waals surface area contributed by atoms with Gasteiger partial charge in [-0.05, 0) is 61.4 Å². The van der Waals surface area contributed by atoms with E-state index in [9.17, 15) is 34.9 Å². The number of hydrogen-bond acceptors (Lipinski definition) is 7. The molecule has 0 unspecified atom stereocenters. The van der Waals surface area contributed by atoms with Crippen LogP contribution in [0.1, 0.15) is 23.3 Å². The molecule has 41 heavy (non-hydrogen) atoms. The first-order valence-corrected chi connectivity index (χ1v) is 17.8. The molecule has 1 saturated heterocycles. The minimum Gasteiger partial charge on any atom is -0.433 e. The smallest absolute Gasteiger partial charge is 0.393 e. The van der Waals surface area contributed by atoms with Gasteiger partial charge < -0.3 is 19.9 Å². The van der Waals surface area contributed by atoms with Crippen LogP contribution in [-0.2, 0) is 20.8 Å². The molecule has 0 radical (unpaired) electrons. The first-order valence-electron chi connectivity index (χ1n) is 12.6. The molecular weight excluding hydrogens is 606 g/mol. The number of alkyl halides is 5. The Kier molecular flexibility index (Phi) is 9.26. The maximum absolute atomic E-state index is 13.5. The topological polar surface area (TPSA) is 84.5 Å². The quantitative estimate of drug-likeness (QED) is 0.172. The van der Waals surface area contributed by atoms with Crippen molar-refractivity contribution in [2.24, 2.45) is 0 Å². The number of rotatable bonds is 8. The summed E-state index contributed by atoms with van der Waals surface area (Å²) in [5.41, 5.74) is 0.821. The number of benzene rings is 2. The molecule has 4 rings (SSSR count). The van der Waals surface area contributed by atoms with Crippen molar-refractivity contribution in [3.8, 4) is 17.6 Å². The summed E-state index contributed by atoms with van der Waals surface area (Å²) in [5, 5.41) is 6.90. The molecule has 0 bridgehead atoms. The average Bonchev–Trinajstić information content (AvgIpc) is 3.19. The summed E-state index contributed by atoms with van der Waals surface area (Å²) in [4.78, 5) is 0.219. The average molecular weight is 635 g/mol. The minimum absolute atomic E-state index is 0.0348. The van der Waals surface area contributed by atoms with Crippen LogP contribution in [0.2, 0.25) is 0 Å². The zero-order valence-corrected chi connectivity index (χ0v) is 24.7. The summed E-state index contributed by atoms with van der Waals surface area (Å²) < 4.78 is 108. The fraction of sp³-hybridized carbons (Fsp3) is 0.407. The highest BCUT2D eigenvalue weighted by Crippen LogP contribution is 2.40. The van der Waals surface area contributed by atoms with Gasteiger partial charge in [0.05, 0.1) is 45.4 Å². The van der Waals surface area contributed by atoms with Crippen LogP contribution in [0.3, 0.4) is 0 Å². The first-order chi connectivity index (χ1) is 19.1. The van der Waals surface area contributed by atoms with Crippen molar-refractivity contribution >= 4 is 55.1 Å². The zero-order chi connectivity index (χ0) is 30.0. The summed E-state index contributed by atoms with van der Waals surface area (Å²) in [6.45, 7) is -0.209. The van der Waals surface area contributed by atoms with E-state index < -0.39 is 36.2 Å². The van der Waals surface area contributed by atoms with Gasteiger partial charge in [-0.2, -0.15) is 22.0 Å². The van der Waals surface area contributed by atoms with Crippen molar-refractivity contribution in [2.75, 3.05) is 42.0 Å². The van der Waals surface area contributed by atoms with E-state index in [0.717, 1.165) is 11.3 Å². The van der Waals surface area contributed by atoms with E-state index in [1.54, 1.807) is 18.2 Å². The number of nitrogens with one attached hydrogen (secondary N) is 2. The van der Waals surface area contributed by atoms with E-state index in [-0.39, 0.29) is 46.0 Å². The van der Waals surface area contributed by atoms with E-state index in [0.29, 0.717) is 33.9 Å². The Balaban J connectivity index is 1.60. The second-order valence-corrected chi connectivity index (χ2v) is 16.6. The van der Waals surface area contributed by atoms with Gasteiger partial charge in [-0.3, -0.25) is 0 Å². The second kappa shape index (κ2) is 12.2. The van der Waals surface area contributed by atoms with Crippen molar-refractivity contribution in [1.82, 2.24) is 0 Å². The summed E-state index contributed by atoms with van der Waals surface area (Å²) in [6, 6.07) is 9.11. The fourth-order valence-electron chi connectivity index (χ4n) is 4.46. The van der Waals surface area contributed by atoms with Crippen LogP contribution in [0, 0.1) is 11.8 Å². The first kappa shape index (κ1) is 31.1. The Hall–Kier alpha value is -2.81. The third-order valence-corrected chi connectivity index (χ3v) is 10.9. The van der Waals surface area contributed by atoms with Crippen molar-refractivity contribution in [2.45, 2.75) is 38.1 Å². The minimum atomic E-state index is -4.48. The lowest BCUT2D eigenvalue weighted by Crippen LogP contribution is -2.32. The number of ether oxygens (including phenoxy) is 1. The predicted molar refractivity (Wildman–Crippen MR) is 154 cm³/mol. The summed E-state index contributed by atoms with van der Waals surface area (Å²) in [6.07, 6.45) is -4.85. The number of thiophene rings is 1. The van der Waals surface area contributed by atoms with Crippen LogP contribution in [-0.4, -0.2) is 58.6 Å². The van der Waals surface area contributed by atoms with Gasteiger partial charge in [0, 0.05) is 11.3 Å². The summed E-state index contributed by atoms with van der Waals surface area (Å²) in [7, 11) is -5.81. The molecule has 1 aliphatic heterocycles. The largest absolute Gasteiger partial charge is 0.433 e. The molecule has 14 heteroatoms. The molecule has 6 nitrogen and oxygen atoms in total. The van der Waals surface area contributed by atoms with Crippen molar-refractivity contribution in [3.63, 3.8) is 0 Å². The van der Waals surface area contributed by atoms with Gasteiger partial charge in [0.1, 0.15) is 22.7 Å². The van der Waals surface area contributed by atoms with E-state index >= 15 is 0 Å². The Bertz CT molecular complexity index is 1620. The number of sulfone groups is 1. The predicted octanol–water partition coefficient (Wildman–Crippen LogP) is 6.31. The highest BCUT2D eigenvalue weighted by Gasteiger charge is 2.31. The molecule has 0 aliphatic carbocycles. The normalized spacial score (nSPS) is 15.9. The van der Waals surface area contributed by atoms with Crippen molar-refractivity contribution in [1.29, 1.82) is 0 Å². The Morgan fingerprint density at radius 3 is 2.46 bits per heavy atom.